The molecule has 0 unspecified atom stereocenters. The van der Waals surface area contributed by atoms with Crippen molar-refractivity contribution in [2.45, 2.75) is 26.3 Å². The first-order valence-corrected chi connectivity index (χ1v) is 7.97. The van der Waals surface area contributed by atoms with Gasteiger partial charge in [0.15, 0.2) is 0 Å². The molecule has 1 N–H and O–H groups in total. The molecule has 0 bridgehead atoms. The van der Waals surface area contributed by atoms with Crippen molar-refractivity contribution in [1.82, 2.24) is 9.78 Å². The van der Waals surface area contributed by atoms with Gasteiger partial charge in [-0.3, -0.25) is 4.79 Å². The first-order chi connectivity index (χ1) is 8.42. The maximum absolute atomic E-state index is 11.7. The van der Waals surface area contributed by atoms with Crippen LogP contribution in [0.25, 0.3) is 0 Å². The lowest BCUT2D eigenvalue weighted by Crippen LogP contribution is -2.23. The minimum atomic E-state index is -2.98. The van der Waals surface area contributed by atoms with Crippen molar-refractivity contribution in [1.29, 1.82) is 0 Å². The molecule has 0 fully saturated rings. The summed E-state index contributed by atoms with van der Waals surface area (Å²) in [4.78, 5) is 11.7. The van der Waals surface area contributed by atoms with Gasteiger partial charge in [-0.1, -0.05) is 6.92 Å². The van der Waals surface area contributed by atoms with E-state index < -0.39 is 9.84 Å². The first-order valence-electron chi connectivity index (χ1n) is 5.91. The highest BCUT2D eigenvalue weighted by Gasteiger charge is 2.04. The van der Waals surface area contributed by atoms with E-state index >= 15 is 0 Å². The summed E-state index contributed by atoms with van der Waals surface area (Å²) in [6.07, 6.45) is 4.13. The SMILES string of the molecule is CCCNc1cnn(CCCS(C)(=O)=O)c(=O)c1. The van der Waals surface area contributed by atoms with Gasteiger partial charge in [0, 0.05) is 25.4 Å². The van der Waals surface area contributed by atoms with Crippen LogP contribution in [0.5, 0.6) is 0 Å². The fraction of sp³-hybridized carbons (Fsp3) is 0.636. The molecule has 0 amide bonds. The molecule has 0 spiro atoms. The second-order valence-electron chi connectivity index (χ2n) is 4.22. The quantitative estimate of drug-likeness (QED) is 0.782. The Morgan fingerprint density at radius 3 is 2.72 bits per heavy atom. The van der Waals surface area contributed by atoms with Crippen LogP contribution >= 0.6 is 0 Å². The van der Waals surface area contributed by atoms with E-state index in [2.05, 4.69) is 10.4 Å². The molecule has 102 valence electrons. The van der Waals surface area contributed by atoms with Crippen LogP contribution in [0.2, 0.25) is 0 Å². The number of hydrogen-bond donors (Lipinski definition) is 1. The minimum Gasteiger partial charge on any atom is -0.384 e. The Bertz CT molecular complexity index is 537. The van der Waals surface area contributed by atoms with Gasteiger partial charge in [-0.15, -0.1) is 0 Å². The molecule has 0 aliphatic rings. The highest BCUT2D eigenvalue weighted by atomic mass is 32.2. The van der Waals surface area contributed by atoms with Crippen LogP contribution in [0.1, 0.15) is 19.8 Å². The summed E-state index contributed by atoms with van der Waals surface area (Å²) in [6.45, 7) is 3.14. The molecule has 0 aliphatic carbocycles. The Morgan fingerprint density at radius 2 is 2.17 bits per heavy atom. The van der Waals surface area contributed by atoms with Crippen molar-refractivity contribution in [3.63, 3.8) is 0 Å². The van der Waals surface area contributed by atoms with E-state index in [0.717, 1.165) is 13.0 Å². The van der Waals surface area contributed by atoms with Gasteiger partial charge in [0.2, 0.25) is 0 Å². The van der Waals surface area contributed by atoms with Crippen molar-refractivity contribution in [3.05, 3.63) is 22.6 Å². The Kier molecular flexibility index (Phi) is 5.33. The number of nitrogens with one attached hydrogen (secondary N) is 1. The molecule has 1 aromatic rings. The lowest BCUT2D eigenvalue weighted by atomic mass is 10.4. The van der Waals surface area contributed by atoms with Crippen LogP contribution in [-0.4, -0.2) is 36.8 Å². The number of nitrogens with zero attached hydrogens (tertiary/aromatic N) is 2. The van der Waals surface area contributed by atoms with Crippen molar-refractivity contribution < 1.29 is 8.42 Å². The smallest absolute Gasteiger partial charge is 0.268 e. The lowest BCUT2D eigenvalue weighted by molar-refractivity contribution is 0.557. The Balaban J connectivity index is 2.60. The number of hydrogen-bond acceptors (Lipinski definition) is 5. The van der Waals surface area contributed by atoms with E-state index in [0.29, 0.717) is 18.7 Å². The average Bonchev–Trinajstić information content (AvgIpc) is 2.27. The highest BCUT2D eigenvalue weighted by molar-refractivity contribution is 7.90. The van der Waals surface area contributed by atoms with Crippen molar-refractivity contribution in [2.24, 2.45) is 0 Å². The van der Waals surface area contributed by atoms with E-state index in [1.807, 2.05) is 6.92 Å². The van der Waals surface area contributed by atoms with Crippen LogP contribution in [0, 0.1) is 0 Å². The fourth-order valence-electron chi connectivity index (χ4n) is 1.44. The molecule has 0 radical (unpaired) electrons. The van der Waals surface area contributed by atoms with Gasteiger partial charge in [-0.25, -0.2) is 13.1 Å². The lowest BCUT2D eigenvalue weighted by Gasteiger charge is -2.06. The molecule has 6 nitrogen and oxygen atoms in total. The standard InChI is InChI=1S/C11H19N3O3S/c1-3-5-12-10-8-11(15)14(13-9-10)6-4-7-18(2,16)17/h8-9,12H,3-7H2,1-2H3. The van der Waals surface area contributed by atoms with Crippen LogP contribution in [-0.2, 0) is 16.4 Å². The maximum Gasteiger partial charge on any atom is 0.268 e. The average molecular weight is 273 g/mol. The molecular weight excluding hydrogens is 254 g/mol. The van der Waals surface area contributed by atoms with Crippen molar-refractivity contribution >= 4 is 15.5 Å². The molecular formula is C11H19N3O3S. The van der Waals surface area contributed by atoms with E-state index in [4.69, 9.17) is 0 Å². The molecule has 0 saturated carbocycles. The summed E-state index contributed by atoms with van der Waals surface area (Å²) in [5, 5.41) is 7.07. The van der Waals surface area contributed by atoms with Crippen LogP contribution in [0.15, 0.2) is 17.1 Å². The second-order valence-corrected chi connectivity index (χ2v) is 6.48. The van der Waals surface area contributed by atoms with Gasteiger partial charge in [-0.05, 0) is 12.8 Å². The molecule has 1 rings (SSSR count). The highest BCUT2D eigenvalue weighted by Crippen LogP contribution is 2.00. The molecule has 7 heteroatoms. The molecule has 0 aliphatic heterocycles. The summed E-state index contributed by atoms with van der Waals surface area (Å²) in [5.74, 6) is 0.0664. The van der Waals surface area contributed by atoms with Crippen LogP contribution in [0.3, 0.4) is 0 Å². The monoisotopic (exact) mass is 273 g/mol. The zero-order valence-corrected chi connectivity index (χ0v) is 11.5. The zero-order valence-electron chi connectivity index (χ0n) is 10.7. The Labute approximate surface area is 107 Å². The van der Waals surface area contributed by atoms with Gasteiger partial charge >= 0.3 is 0 Å². The first kappa shape index (κ1) is 14.7. The van der Waals surface area contributed by atoms with Crippen molar-refractivity contribution in [2.75, 3.05) is 23.9 Å². The van der Waals surface area contributed by atoms with Gasteiger partial charge in [-0.2, -0.15) is 5.10 Å². The Morgan fingerprint density at radius 1 is 1.44 bits per heavy atom. The molecule has 18 heavy (non-hydrogen) atoms. The molecule has 0 atom stereocenters. The van der Waals surface area contributed by atoms with Gasteiger partial charge in [0.25, 0.3) is 5.56 Å². The fourth-order valence-corrected chi connectivity index (χ4v) is 2.10. The number of rotatable bonds is 7. The minimum absolute atomic E-state index is 0.0664. The molecule has 0 saturated heterocycles. The molecule has 1 aromatic heterocycles. The van der Waals surface area contributed by atoms with E-state index in [1.54, 1.807) is 6.20 Å². The number of anilines is 1. The maximum atomic E-state index is 11.7. The van der Waals surface area contributed by atoms with Crippen molar-refractivity contribution in [3.8, 4) is 0 Å². The number of aromatic nitrogens is 2. The Hall–Kier alpha value is -1.37. The van der Waals surface area contributed by atoms with Crippen LogP contribution in [0.4, 0.5) is 5.69 Å². The summed E-state index contributed by atoms with van der Waals surface area (Å²) in [5.41, 5.74) is 0.478. The van der Waals surface area contributed by atoms with Gasteiger partial charge in [0.1, 0.15) is 9.84 Å². The normalized spacial score (nSPS) is 11.4. The number of aryl methyl sites for hydroxylation is 1. The van der Waals surface area contributed by atoms with E-state index in [1.165, 1.54) is 17.0 Å². The summed E-state index contributed by atoms with van der Waals surface area (Å²) >= 11 is 0. The zero-order chi connectivity index (χ0) is 13.6. The third kappa shape index (κ3) is 5.31. The summed E-state index contributed by atoms with van der Waals surface area (Å²) < 4.78 is 23.2. The summed E-state index contributed by atoms with van der Waals surface area (Å²) in [6, 6.07) is 1.48. The van der Waals surface area contributed by atoms with E-state index in [9.17, 15) is 13.2 Å². The number of sulfone groups is 1. The third-order valence-electron chi connectivity index (χ3n) is 2.33. The summed E-state index contributed by atoms with van der Waals surface area (Å²) in [7, 11) is -2.98. The topological polar surface area (TPSA) is 81.1 Å². The largest absolute Gasteiger partial charge is 0.384 e. The predicted molar refractivity (Wildman–Crippen MR) is 71.6 cm³/mol. The van der Waals surface area contributed by atoms with Crippen LogP contribution < -0.4 is 10.9 Å². The third-order valence-corrected chi connectivity index (χ3v) is 3.36. The molecule has 0 aromatic carbocycles. The van der Waals surface area contributed by atoms with Gasteiger partial charge < -0.3 is 5.32 Å². The van der Waals surface area contributed by atoms with Gasteiger partial charge in [0.05, 0.1) is 17.6 Å². The predicted octanol–water partition coefficient (Wildman–Crippen LogP) is 0.500. The molecule has 1 heterocycles. The van der Waals surface area contributed by atoms with E-state index in [-0.39, 0.29) is 11.3 Å². The second kappa shape index (κ2) is 6.53.